The fraction of sp³-hybridized carbons (Fsp3) is 0.600. The van der Waals surface area contributed by atoms with Crippen molar-refractivity contribution in [3.05, 3.63) is 15.9 Å². The number of thiophene rings is 1. The Morgan fingerprint density at radius 1 is 1.35 bits per heavy atom. The first kappa shape index (κ1) is 13.5. The molecule has 0 unspecified atom stereocenters. The lowest BCUT2D eigenvalue weighted by Gasteiger charge is -2.28. The van der Waals surface area contributed by atoms with Gasteiger partial charge in [0, 0.05) is 12.1 Å². The van der Waals surface area contributed by atoms with Gasteiger partial charge in [0.1, 0.15) is 4.21 Å². The number of halogens is 1. The second kappa shape index (κ2) is 5.36. The standard InChI is InChI=1S/C10H15BrN2O2S2/c11-9-5-6-10(16-9)17(14,15)13-8-4-2-1-3-7(8)12/h5-8,13H,1-4,12H2/t7-,8+/m0/s1. The topological polar surface area (TPSA) is 72.2 Å². The molecule has 96 valence electrons. The molecule has 0 aliphatic heterocycles. The Kier molecular flexibility index (Phi) is 4.25. The number of hydrogen-bond donors (Lipinski definition) is 2. The first-order valence-electron chi connectivity index (χ1n) is 5.52. The van der Waals surface area contributed by atoms with Crippen LogP contribution in [0.3, 0.4) is 0 Å². The van der Waals surface area contributed by atoms with E-state index in [4.69, 9.17) is 5.73 Å². The van der Waals surface area contributed by atoms with Gasteiger partial charge in [0.2, 0.25) is 10.0 Å². The molecule has 7 heteroatoms. The summed E-state index contributed by atoms with van der Waals surface area (Å²) in [4.78, 5) is 0. The van der Waals surface area contributed by atoms with E-state index >= 15 is 0 Å². The Morgan fingerprint density at radius 3 is 2.65 bits per heavy atom. The summed E-state index contributed by atoms with van der Waals surface area (Å²) in [7, 11) is -3.41. The second-order valence-electron chi connectivity index (χ2n) is 4.23. The van der Waals surface area contributed by atoms with Gasteiger partial charge in [-0.1, -0.05) is 12.8 Å². The Hall–Kier alpha value is 0.0500. The van der Waals surface area contributed by atoms with Crippen molar-refractivity contribution in [1.29, 1.82) is 0 Å². The zero-order valence-corrected chi connectivity index (χ0v) is 12.4. The van der Waals surface area contributed by atoms with E-state index in [1.165, 1.54) is 11.3 Å². The highest BCUT2D eigenvalue weighted by Crippen LogP contribution is 2.27. The highest BCUT2D eigenvalue weighted by molar-refractivity contribution is 9.11. The maximum absolute atomic E-state index is 12.1. The first-order chi connectivity index (χ1) is 7.99. The summed E-state index contributed by atoms with van der Waals surface area (Å²) in [5, 5.41) is 0. The highest BCUT2D eigenvalue weighted by Gasteiger charge is 2.27. The van der Waals surface area contributed by atoms with Gasteiger partial charge < -0.3 is 5.73 Å². The van der Waals surface area contributed by atoms with Crippen LogP contribution in [-0.2, 0) is 10.0 Å². The lowest BCUT2D eigenvalue weighted by Crippen LogP contribution is -2.49. The van der Waals surface area contributed by atoms with Crippen molar-refractivity contribution in [2.24, 2.45) is 5.73 Å². The van der Waals surface area contributed by atoms with Crippen LogP contribution in [0.25, 0.3) is 0 Å². The van der Waals surface area contributed by atoms with Gasteiger partial charge in [0.15, 0.2) is 0 Å². The molecule has 1 aromatic rings. The van der Waals surface area contributed by atoms with Gasteiger partial charge in [-0.25, -0.2) is 13.1 Å². The van der Waals surface area contributed by atoms with Crippen LogP contribution in [-0.4, -0.2) is 20.5 Å². The van der Waals surface area contributed by atoms with E-state index < -0.39 is 10.0 Å². The Labute approximate surface area is 114 Å². The summed E-state index contributed by atoms with van der Waals surface area (Å²) in [6.45, 7) is 0. The molecule has 0 spiro atoms. The summed E-state index contributed by atoms with van der Waals surface area (Å²) in [6.07, 6.45) is 3.84. The maximum atomic E-state index is 12.1. The van der Waals surface area contributed by atoms with Crippen LogP contribution in [0.5, 0.6) is 0 Å². The van der Waals surface area contributed by atoms with Crippen molar-refractivity contribution in [3.63, 3.8) is 0 Å². The van der Waals surface area contributed by atoms with Gasteiger partial charge in [-0.3, -0.25) is 0 Å². The maximum Gasteiger partial charge on any atom is 0.250 e. The van der Waals surface area contributed by atoms with Gasteiger partial charge in [-0.15, -0.1) is 11.3 Å². The quantitative estimate of drug-likeness (QED) is 0.885. The zero-order valence-electron chi connectivity index (χ0n) is 9.23. The number of nitrogens with one attached hydrogen (secondary N) is 1. The van der Waals surface area contributed by atoms with E-state index in [2.05, 4.69) is 20.7 Å². The molecular weight excluding hydrogens is 324 g/mol. The van der Waals surface area contributed by atoms with E-state index in [0.717, 1.165) is 29.5 Å². The van der Waals surface area contributed by atoms with Crippen LogP contribution in [0.4, 0.5) is 0 Å². The van der Waals surface area contributed by atoms with Crippen molar-refractivity contribution >= 4 is 37.3 Å². The molecule has 1 aromatic heterocycles. The molecule has 1 saturated carbocycles. The molecule has 3 N–H and O–H groups in total. The smallest absolute Gasteiger partial charge is 0.250 e. The third kappa shape index (κ3) is 3.29. The number of rotatable bonds is 3. The fourth-order valence-corrected chi connectivity index (χ4v) is 5.35. The minimum atomic E-state index is -3.41. The van der Waals surface area contributed by atoms with E-state index in [9.17, 15) is 8.42 Å². The number of nitrogens with two attached hydrogens (primary N) is 1. The largest absolute Gasteiger partial charge is 0.326 e. The summed E-state index contributed by atoms with van der Waals surface area (Å²) in [6, 6.07) is 3.14. The van der Waals surface area contributed by atoms with Crippen molar-refractivity contribution in [2.75, 3.05) is 0 Å². The third-order valence-electron chi connectivity index (χ3n) is 2.94. The van der Waals surface area contributed by atoms with Crippen molar-refractivity contribution in [3.8, 4) is 0 Å². The SMILES string of the molecule is N[C@H]1CCCC[C@H]1NS(=O)(=O)c1ccc(Br)s1. The summed E-state index contributed by atoms with van der Waals surface area (Å²) in [5.41, 5.74) is 5.94. The molecule has 0 bridgehead atoms. The molecule has 4 nitrogen and oxygen atoms in total. The van der Waals surface area contributed by atoms with E-state index in [-0.39, 0.29) is 12.1 Å². The first-order valence-corrected chi connectivity index (χ1v) is 8.61. The van der Waals surface area contributed by atoms with Crippen LogP contribution >= 0.6 is 27.3 Å². The van der Waals surface area contributed by atoms with E-state index in [0.29, 0.717) is 4.21 Å². The van der Waals surface area contributed by atoms with E-state index in [1.807, 2.05) is 0 Å². The van der Waals surface area contributed by atoms with Crippen molar-refractivity contribution in [2.45, 2.75) is 42.0 Å². The van der Waals surface area contributed by atoms with Gasteiger partial charge in [0.25, 0.3) is 0 Å². The molecule has 0 amide bonds. The fourth-order valence-electron chi connectivity index (χ4n) is 2.01. The second-order valence-corrected chi connectivity index (χ2v) is 8.64. The molecular formula is C10H15BrN2O2S2. The molecule has 0 saturated heterocycles. The van der Waals surface area contributed by atoms with Crippen LogP contribution in [0.15, 0.2) is 20.1 Å². The van der Waals surface area contributed by atoms with Crippen molar-refractivity contribution < 1.29 is 8.42 Å². The Balaban J connectivity index is 2.11. The molecule has 1 fully saturated rings. The highest BCUT2D eigenvalue weighted by atomic mass is 79.9. The molecule has 2 atom stereocenters. The summed E-state index contributed by atoms with van der Waals surface area (Å²) in [5.74, 6) is 0. The average molecular weight is 339 g/mol. The van der Waals surface area contributed by atoms with Crippen LogP contribution in [0, 0.1) is 0 Å². The number of hydrogen-bond acceptors (Lipinski definition) is 4. The molecule has 0 aromatic carbocycles. The predicted octanol–water partition coefficient (Wildman–Crippen LogP) is 2.06. The summed E-state index contributed by atoms with van der Waals surface area (Å²) < 4.78 is 28.0. The molecule has 1 aliphatic rings. The molecule has 1 heterocycles. The monoisotopic (exact) mass is 338 g/mol. The molecule has 1 aliphatic carbocycles. The number of sulfonamides is 1. The predicted molar refractivity (Wildman–Crippen MR) is 72.6 cm³/mol. The summed E-state index contributed by atoms with van der Waals surface area (Å²) >= 11 is 4.47. The molecule has 17 heavy (non-hydrogen) atoms. The zero-order chi connectivity index (χ0) is 12.5. The lowest BCUT2D eigenvalue weighted by molar-refractivity contribution is 0.361. The minimum absolute atomic E-state index is 0.0677. The minimum Gasteiger partial charge on any atom is -0.326 e. The lowest BCUT2D eigenvalue weighted by atomic mass is 9.92. The molecule has 0 radical (unpaired) electrons. The van der Waals surface area contributed by atoms with Gasteiger partial charge in [-0.2, -0.15) is 0 Å². The third-order valence-corrected chi connectivity index (χ3v) is 6.54. The van der Waals surface area contributed by atoms with Crippen LogP contribution < -0.4 is 10.5 Å². The average Bonchev–Trinajstić information content (AvgIpc) is 2.69. The van der Waals surface area contributed by atoms with Gasteiger partial charge in [-0.05, 0) is 40.9 Å². The molecule has 2 rings (SSSR count). The van der Waals surface area contributed by atoms with E-state index in [1.54, 1.807) is 12.1 Å². The van der Waals surface area contributed by atoms with Crippen molar-refractivity contribution in [1.82, 2.24) is 4.72 Å². The van der Waals surface area contributed by atoms with Gasteiger partial charge >= 0.3 is 0 Å². The normalized spacial score (nSPS) is 26.0. The Morgan fingerprint density at radius 2 is 2.06 bits per heavy atom. The van der Waals surface area contributed by atoms with Gasteiger partial charge in [0.05, 0.1) is 3.79 Å². The Bertz CT molecular complexity index is 486. The van der Waals surface area contributed by atoms with Crippen LogP contribution in [0.1, 0.15) is 25.7 Å². The van der Waals surface area contributed by atoms with Crippen LogP contribution in [0.2, 0.25) is 0 Å².